The van der Waals surface area contributed by atoms with E-state index in [0.717, 1.165) is 0 Å². The van der Waals surface area contributed by atoms with E-state index < -0.39 is 0 Å². The Balaban J connectivity index is 0.000000454. The molecule has 2 aromatic rings. The summed E-state index contributed by atoms with van der Waals surface area (Å²) in [5.74, 6) is 0. The first-order chi connectivity index (χ1) is 8.59. The fourth-order valence-corrected chi connectivity index (χ4v) is 3.78. The number of hydrogen-bond donors (Lipinski definition) is 0. The van der Waals surface area contributed by atoms with Crippen molar-refractivity contribution in [1.29, 1.82) is 0 Å². The number of rotatable bonds is 4. The van der Waals surface area contributed by atoms with Crippen molar-refractivity contribution < 1.29 is 17.1 Å². The second kappa shape index (κ2) is 10.8. The van der Waals surface area contributed by atoms with Gasteiger partial charge in [0.25, 0.3) is 0 Å². The molecule has 0 atom stereocenters. The normalized spacial score (nSPS) is 10.0. The zero-order valence-corrected chi connectivity index (χ0v) is 15.2. The van der Waals surface area contributed by atoms with Gasteiger partial charge in [0.2, 0.25) is 0 Å². The smallest absolute Gasteiger partial charge is 0.214 e. The third-order valence-corrected chi connectivity index (χ3v) is 4.48. The Morgan fingerprint density at radius 1 is 0.895 bits per heavy atom. The summed E-state index contributed by atoms with van der Waals surface area (Å²) in [6.45, 7) is 9.42. The largest absolute Gasteiger partial charge is 2.00 e. The van der Waals surface area contributed by atoms with E-state index in [-0.39, 0.29) is 32.9 Å². The van der Waals surface area contributed by atoms with Crippen molar-refractivity contribution in [2.75, 3.05) is 26.7 Å². The van der Waals surface area contributed by atoms with Crippen LogP contribution in [0.2, 0.25) is 0 Å². The van der Waals surface area contributed by atoms with Crippen LogP contribution in [0.1, 0.15) is 11.1 Å². The van der Waals surface area contributed by atoms with Crippen LogP contribution in [0, 0.1) is 0 Å². The van der Waals surface area contributed by atoms with Crippen molar-refractivity contribution >= 4 is 15.8 Å². The van der Waals surface area contributed by atoms with Gasteiger partial charge in [0.15, 0.2) is 0 Å². The van der Waals surface area contributed by atoms with Crippen LogP contribution in [0.3, 0.4) is 0 Å². The van der Waals surface area contributed by atoms with Gasteiger partial charge in [-0.2, -0.15) is 41.5 Å². The Morgan fingerprint density at radius 2 is 1.47 bits per heavy atom. The maximum Gasteiger partial charge on any atom is 2.00 e. The van der Waals surface area contributed by atoms with Crippen LogP contribution in [0.5, 0.6) is 0 Å². The van der Waals surface area contributed by atoms with Crippen molar-refractivity contribution in [2.45, 2.75) is 12.3 Å². The fraction of sp³-hybridized carbons (Fsp3) is 0.375. The zero-order chi connectivity index (χ0) is 13.4. The quantitative estimate of drug-likeness (QED) is 0.405. The monoisotopic (exact) mass is 334 g/mol. The summed E-state index contributed by atoms with van der Waals surface area (Å²) in [5, 5.41) is 0. The molecule has 0 aliphatic heterocycles. The standard InChI is InChI=1S/C11H19P2.C5H5.Fe/c1-12(2)8-10-6-5-7-11(10)9-13(3)4;1-2-4-5-3-1;/h5-7H,8-9H2,1-4H3;1-5H;/q2*-1;+2. The molecule has 0 aliphatic carbocycles. The van der Waals surface area contributed by atoms with E-state index >= 15 is 0 Å². The summed E-state index contributed by atoms with van der Waals surface area (Å²) < 4.78 is 0. The molecule has 0 fully saturated rings. The van der Waals surface area contributed by atoms with Gasteiger partial charge < -0.3 is 0 Å². The zero-order valence-electron chi connectivity index (χ0n) is 12.3. The maximum absolute atomic E-state index is 2.35. The van der Waals surface area contributed by atoms with Crippen LogP contribution in [0.15, 0.2) is 48.5 Å². The average Bonchev–Trinajstić information content (AvgIpc) is 2.92. The molecule has 2 aromatic carbocycles. The Morgan fingerprint density at radius 3 is 1.89 bits per heavy atom. The molecule has 0 heterocycles. The van der Waals surface area contributed by atoms with E-state index in [0.29, 0.717) is 0 Å². The second-order valence-electron chi connectivity index (χ2n) is 5.01. The van der Waals surface area contributed by atoms with E-state index in [9.17, 15) is 0 Å². The topological polar surface area (TPSA) is 0 Å². The molecule has 0 aliphatic rings. The van der Waals surface area contributed by atoms with Gasteiger partial charge in [-0.15, -0.1) is 15.8 Å². The van der Waals surface area contributed by atoms with Crippen LogP contribution >= 0.6 is 15.8 Å². The van der Waals surface area contributed by atoms with Crippen LogP contribution in [0.4, 0.5) is 0 Å². The van der Waals surface area contributed by atoms with Gasteiger partial charge >= 0.3 is 17.1 Å². The molecule has 106 valence electrons. The molecular weight excluding hydrogens is 310 g/mol. The van der Waals surface area contributed by atoms with Gasteiger partial charge in [0.1, 0.15) is 0 Å². The summed E-state index contributed by atoms with van der Waals surface area (Å²) in [7, 11) is 0.430. The summed E-state index contributed by atoms with van der Waals surface area (Å²) in [5.41, 5.74) is 3.21. The molecule has 0 amide bonds. The van der Waals surface area contributed by atoms with Crippen LogP contribution in [-0.2, 0) is 29.4 Å². The van der Waals surface area contributed by atoms with Gasteiger partial charge in [-0.3, -0.25) is 0 Å². The van der Waals surface area contributed by atoms with Crippen LogP contribution < -0.4 is 0 Å². The van der Waals surface area contributed by atoms with E-state index in [1.165, 1.54) is 12.3 Å². The van der Waals surface area contributed by atoms with E-state index in [1.807, 2.05) is 30.3 Å². The molecule has 0 aromatic heterocycles. The Labute approximate surface area is 131 Å². The van der Waals surface area contributed by atoms with Crippen molar-refractivity contribution in [3.63, 3.8) is 0 Å². The molecule has 0 bridgehead atoms. The molecule has 2 rings (SSSR count). The van der Waals surface area contributed by atoms with Crippen molar-refractivity contribution in [2.24, 2.45) is 0 Å². The Kier molecular flexibility index (Phi) is 10.9. The summed E-state index contributed by atoms with van der Waals surface area (Å²) in [6, 6.07) is 16.8. The van der Waals surface area contributed by atoms with Crippen LogP contribution in [0.25, 0.3) is 0 Å². The van der Waals surface area contributed by atoms with Crippen molar-refractivity contribution in [3.8, 4) is 0 Å². The summed E-state index contributed by atoms with van der Waals surface area (Å²) in [4.78, 5) is 0. The Hall–Kier alpha value is 0.0795. The van der Waals surface area contributed by atoms with Gasteiger partial charge in [-0.1, -0.05) is 6.16 Å². The SMILES string of the molecule is CP(C)Cc1cc[cH-]c1CP(C)C.[Fe+2].c1cc[cH-]c1. The molecule has 0 N–H and O–H groups in total. The summed E-state index contributed by atoms with van der Waals surface area (Å²) >= 11 is 0. The molecule has 0 saturated carbocycles. The first-order valence-electron chi connectivity index (χ1n) is 6.29. The third-order valence-electron chi connectivity index (χ3n) is 2.54. The molecule has 3 heteroatoms. The first kappa shape index (κ1) is 19.1. The minimum Gasteiger partial charge on any atom is -0.214 e. The number of hydrogen-bond acceptors (Lipinski definition) is 0. The third kappa shape index (κ3) is 8.78. The minimum absolute atomic E-state index is 0. The Bertz CT molecular complexity index is 360. The maximum atomic E-state index is 2.35. The fourth-order valence-electron chi connectivity index (χ4n) is 1.81. The molecule has 0 nitrogen and oxygen atoms in total. The van der Waals surface area contributed by atoms with Crippen LogP contribution in [-0.4, -0.2) is 26.7 Å². The molecule has 0 saturated heterocycles. The van der Waals surface area contributed by atoms with Gasteiger partial charge in [0.05, 0.1) is 0 Å². The van der Waals surface area contributed by atoms with E-state index in [4.69, 9.17) is 0 Å². The summed E-state index contributed by atoms with van der Waals surface area (Å²) in [6.07, 6.45) is 2.61. The molecule has 0 spiro atoms. The molecule has 19 heavy (non-hydrogen) atoms. The molecular formula is C16H24FeP2. The van der Waals surface area contributed by atoms with Gasteiger partial charge in [-0.25, -0.2) is 18.2 Å². The van der Waals surface area contributed by atoms with E-state index in [1.54, 1.807) is 11.1 Å². The van der Waals surface area contributed by atoms with Gasteiger partial charge in [-0.05, 0) is 32.8 Å². The van der Waals surface area contributed by atoms with Crippen molar-refractivity contribution in [3.05, 3.63) is 59.7 Å². The van der Waals surface area contributed by atoms with E-state index in [2.05, 4.69) is 44.9 Å². The first-order valence-corrected chi connectivity index (χ1v) is 11.1. The average molecular weight is 334 g/mol. The second-order valence-corrected chi connectivity index (χ2v) is 9.97. The van der Waals surface area contributed by atoms with Gasteiger partial charge in [0, 0.05) is 0 Å². The van der Waals surface area contributed by atoms with Crippen molar-refractivity contribution in [1.82, 2.24) is 0 Å². The molecule has 0 unspecified atom stereocenters. The minimum atomic E-state index is 0. The predicted molar refractivity (Wildman–Crippen MR) is 89.0 cm³/mol. The predicted octanol–water partition coefficient (Wildman–Crippen LogP) is 5.29. The molecule has 0 radical (unpaired) electrons.